The number of carbonyl (C=O) groups is 1. The molecule has 3 heterocycles. The molecule has 3 aromatic heterocycles. The third kappa shape index (κ3) is 3.20. The Kier molecular flexibility index (Phi) is 4.65. The van der Waals surface area contributed by atoms with E-state index in [1.54, 1.807) is 35.6 Å². The maximum absolute atomic E-state index is 13.4. The van der Waals surface area contributed by atoms with Crippen LogP contribution < -0.4 is 5.73 Å². The normalized spacial score (nSPS) is 11.1. The second-order valence-corrected chi connectivity index (χ2v) is 8.71. The van der Waals surface area contributed by atoms with Gasteiger partial charge in [0.2, 0.25) is 5.78 Å². The Morgan fingerprint density at radius 1 is 0.967 bits per heavy atom. The molecule has 0 saturated carbocycles. The average molecular weight is 431 g/mol. The molecule has 0 bridgehead atoms. The molecule has 0 radical (unpaired) electrons. The Morgan fingerprint density at radius 2 is 1.73 bits per heavy atom. The monoisotopic (exact) mass is 430 g/mol. The highest BCUT2D eigenvalue weighted by Gasteiger charge is 2.22. The summed E-state index contributed by atoms with van der Waals surface area (Å²) in [5.41, 5.74) is 9.98. The first-order valence-corrected chi connectivity index (χ1v) is 10.9. The number of hydrogen-bond donors (Lipinski definition) is 1. The molecule has 0 spiro atoms. The molecule has 2 aromatic carbocycles. The fourth-order valence-corrected chi connectivity index (χ4v) is 5.24. The highest BCUT2D eigenvalue weighted by molar-refractivity contribution is 7.21. The smallest absolute Gasteiger partial charge is 0.205 e. The van der Waals surface area contributed by atoms with E-state index in [-0.39, 0.29) is 11.6 Å². The standard InChI is InChI=1S/C24H15FN2OS2/c25-16-10-8-14(9-11-16)18-13-17(19-7-4-12-29-19)20-21(26)23(30-24(20)27-18)22(28)15-5-2-1-3-6-15/h1-13H,26H2. The van der Waals surface area contributed by atoms with E-state index in [9.17, 15) is 9.18 Å². The van der Waals surface area contributed by atoms with Crippen LogP contribution in [0.4, 0.5) is 10.1 Å². The number of halogens is 1. The van der Waals surface area contributed by atoms with Gasteiger partial charge in [-0.2, -0.15) is 0 Å². The minimum Gasteiger partial charge on any atom is -0.397 e. The van der Waals surface area contributed by atoms with E-state index in [0.717, 1.165) is 21.4 Å². The van der Waals surface area contributed by atoms with Crippen molar-refractivity contribution >= 4 is 44.4 Å². The van der Waals surface area contributed by atoms with E-state index < -0.39 is 0 Å². The summed E-state index contributed by atoms with van der Waals surface area (Å²) in [5.74, 6) is -0.411. The summed E-state index contributed by atoms with van der Waals surface area (Å²) in [4.78, 5) is 20.1. The number of anilines is 1. The fourth-order valence-electron chi connectivity index (χ4n) is 3.40. The highest BCUT2D eigenvalue weighted by Crippen LogP contribution is 2.43. The van der Waals surface area contributed by atoms with Crippen molar-refractivity contribution in [3.63, 3.8) is 0 Å². The Hall–Kier alpha value is -3.35. The van der Waals surface area contributed by atoms with Crippen LogP contribution in [-0.4, -0.2) is 10.8 Å². The van der Waals surface area contributed by atoms with E-state index in [0.29, 0.717) is 26.7 Å². The molecule has 0 atom stereocenters. The molecule has 0 saturated heterocycles. The van der Waals surface area contributed by atoms with Crippen molar-refractivity contribution in [2.75, 3.05) is 5.73 Å². The van der Waals surface area contributed by atoms with Crippen LogP contribution in [0.15, 0.2) is 78.2 Å². The summed E-state index contributed by atoms with van der Waals surface area (Å²) in [7, 11) is 0. The van der Waals surface area contributed by atoms with Gasteiger partial charge in [0.05, 0.1) is 11.4 Å². The van der Waals surface area contributed by atoms with E-state index in [2.05, 4.69) is 0 Å². The zero-order valence-corrected chi connectivity index (χ0v) is 17.3. The molecule has 30 heavy (non-hydrogen) atoms. The molecule has 3 nitrogen and oxygen atoms in total. The van der Waals surface area contributed by atoms with Gasteiger partial charge in [0.25, 0.3) is 0 Å². The number of nitrogens with two attached hydrogens (primary N) is 1. The zero-order chi connectivity index (χ0) is 20.7. The number of benzene rings is 2. The van der Waals surface area contributed by atoms with E-state index in [1.165, 1.54) is 23.5 Å². The Bertz CT molecular complexity index is 1360. The summed E-state index contributed by atoms with van der Waals surface area (Å²) in [6, 6.07) is 21.3. The number of carbonyl (C=O) groups excluding carboxylic acids is 1. The number of nitrogens with zero attached hydrogens (tertiary/aromatic N) is 1. The lowest BCUT2D eigenvalue weighted by molar-refractivity contribution is 0.104. The number of fused-ring (bicyclic) bond motifs is 1. The minimum absolute atomic E-state index is 0.114. The topological polar surface area (TPSA) is 56.0 Å². The second-order valence-electron chi connectivity index (χ2n) is 6.76. The average Bonchev–Trinajstić information content (AvgIpc) is 3.42. The molecule has 6 heteroatoms. The predicted octanol–water partition coefficient (Wildman–Crippen LogP) is 6.64. The van der Waals surface area contributed by atoms with Gasteiger partial charge in [0.1, 0.15) is 15.5 Å². The van der Waals surface area contributed by atoms with Crippen molar-refractivity contribution in [2.24, 2.45) is 0 Å². The molecule has 2 N–H and O–H groups in total. The van der Waals surface area contributed by atoms with Crippen molar-refractivity contribution < 1.29 is 9.18 Å². The van der Waals surface area contributed by atoms with Crippen LogP contribution in [0.2, 0.25) is 0 Å². The summed E-state index contributed by atoms with van der Waals surface area (Å²) in [6.07, 6.45) is 0. The first-order chi connectivity index (χ1) is 14.6. The molecule has 0 aliphatic carbocycles. The van der Waals surface area contributed by atoms with E-state index in [4.69, 9.17) is 10.7 Å². The Labute approximate surface area is 180 Å². The summed E-state index contributed by atoms with van der Waals surface area (Å²) in [5, 5.41) is 2.78. The second kappa shape index (κ2) is 7.48. The SMILES string of the molecule is Nc1c(C(=O)c2ccccc2)sc2nc(-c3ccc(F)cc3)cc(-c3cccs3)c12. The van der Waals surface area contributed by atoms with Crippen LogP contribution in [0.5, 0.6) is 0 Å². The summed E-state index contributed by atoms with van der Waals surface area (Å²) >= 11 is 2.89. The lowest BCUT2D eigenvalue weighted by Gasteiger charge is -2.07. The number of ketones is 1. The lowest BCUT2D eigenvalue weighted by atomic mass is 10.0. The van der Waals surface area contributed by atoms with Gasteiger partial charge < -0.3 is 5.73 Å². The van der Waals surface area contributed by atoms with E-state index in [1.807, 2.05) is 41.8 Å². The molecular formula is C24H15FN2OS2. The molecule has 0 fully saturated rings. The number of nitrogen functional groups attached to an aromatic ring is 1. The Morgan fingerprint density at radius 3 is 2.43 bits per heavy atom. The Balaban J connectivity index is 1.75. The van der Waals surface area contributed by atoms with Crippen molar-refractivity contribution in [3.05, 3.63) is 94.4 Å². The quantitative estimate of drug-likeness (QED) is 0.325. The number of thiophene rings is 2. The van der Waals surface area contributed by atoms with Crippen molar-refractivity contribution in [1.82, 2.24) is 4.98 Å². The van der Waals surface area contributed by atoms with Crippen LogP contribution in [0.1, 0.15) is 15.2 Å². The van der Waals surface area contributed by atoms with Gasteiger partial charge in [-0.1, -0.05) is 36.4 Å². The first kappa shape index (κ1) is 18.7. The molecule has 0 unspecified atom stereocenters. The molecule has 5 rings (SSSR count). The molecule has 146 valence electrons. The number of hydrogen-bond acceptors (Lipinski definition) is 5. The van der Waals surface area contributed by atoms with Gasteiger partial charge in [-0.25, -0.2) is 9.37 Å². The first-order valence-electron chi connectivity index (χ1n) is 9.24. The summed E-state index contributed by atoms with van der Waals surface area (Å²) in [6.45, 7) is 0. The van der Waals surface area contributed by atoms with Crippen LogP contribution in [0, 0.1) is 5.82 Å². The van der Waals surface area contributed by atoms with Crippen LogP contribution in [0.25, 0.3) is 31.9 Å². The lowest BCUT2D eigenvalue weighted by Crippen LogP contribution is -2.01. The van der Waals surface area contributed by atoms with Gasteiger partial charge in [-0.3, -0.25) is 4.79 Å². The number of pyridine rings is 1. The zero-order valence-electron chi connectivity index (χ0n) is 15.6. The number of aromatic nitrogens is 1. The fraction of sp³-hybridized carbons (Fsp3) is 0. The molecule has 0 aliphatic rings. The predicted molar refractivity (Wildman–Crippen MR) is 123 cm³/mol. The third-order valence-corrected chi connectivity index (χ3v) is 6.87. The van der Waals surface area contributed by atoms with Gasteiger partial charge in [-0.15, -0.1) is 22.7 Å². The van der Waals surface area contributed by atoms with Crippen LogP contribution >= 0.6 is 22.7 Å². The van der Waals surface area contributed by atoms with Gasteiger partial charge in [0, 0.05) is 27.0 Å². The maximum Gasteiger partial charge on any atom is 0.205 e. The maximum atomic E-state index is 13.4. The molecular weight excluding hydrogens is 415 g/mol. The minimum atomic E-state index is -0.297. The van der Waals surface area contributed by atoms with Gasteiger partial charge in [0.15, 0.2) is 0 Å². The summed E-state index contributed by atoms with van der Waals surface area (Å²) < 4.78 is 13.4. The number of rotatable bonds is 4. The van der Waals surface area contributed by atoms with Crippen molar-refractivity contribution in [3.8, 4) is 21.7 Å². The largest absolute Gasteiger partial charge is 0.397 e. The van der Waals surface area contributed by atoms with Gasteiger partial charge in [-0.05, 0) is 41.8 Å². The molecule has 0 aliphatic heterocycles. The van der Waals surface area contributed by atoms with Gasteiger partial charge >= 0.3 is 0 Å². The van der Waals surface area contributed by atoms with E-state index >= 15 is 0 Å². The molecule has 0 amide bonds. The van der Waals surface area contributed by atoms with Crippen LogP contribution in [0.3, 0.4) is 0 Å². The van der Waals surface area contributed by atoms with Crippen LogP contribution in [-0.2, 0) is 0 Å². The van der Waals surface area contributed by atoms with Crippen molar-refractivity contribution in [1.29, 1.82) is 0 Å². The highest BCUT2D eigenvalue weighted by atomic mass is 32.1. The molecule has 5 aromatic rings. The third-order valence-electron chi connectivity index (χ3n) is 4.87. The van der Waals surface area contributed by atoms with Crippen molar-refractivity contribution in [2.45, 2.75) is 0 Å².